The van der Waals surface area contributed by atoms with Gasteiger partial charge in [0, 0.05) is 35.9 Å². The van der Waals surface area contributed by atoms with E-state index in [1.165, 1.54) is 11.3 Å². The summed E-state index contributed by atoms with van der Waals surface area (Å²) in [7, 11) is 1.64. The highest BCUT2D eigenvalue weighted by molar-refractivity contribution is 6.07. The smallest absolute Gasteiger partial charge is 0.256 e. The second-order valence-electron chi connectivity index (χ2n) is 7.11. The summed E-state index contributed by atoms with van der Waals surface area (Å²) in [6.07, 6.45) is 6.80. The van der Waals surface area contributed by atoms with E-state index in [1.807, 2.05) is 35.5 Å². The summed E-state index contributed by atoms with van der Waals surface area (Å²) in [4.78, 5) is 18.3. The van der Waals surface area contributed by atoms with Crippen LogP contribution in [-0.2, 0) is 6.42 Å². The number of rotatable bonds is 4. The monoisotopic (exact) mass is 352 g/mol. The van der Waals surface area contributed by atoms with Gasteiger partial charge in [0.25, 0.3) is 5.91 Å². The minimum absolute atomic E-state index is 0.0931. The second kappa shape index (κ2) is 6.86. The van der Waals surface area contributed by atoms with Gasteiger partial charge in [-0.05, 0) is 55.9 Å². The maximum absolute atomic E-state index is 13.1. The number of benzene rings is 1. The average Bonchev–Trinajstić information content (AvgIpc) is 3.27. The minimum atomic E-state index is 0.0931. The van der Waals surface area contributed by atoms with Crippen molar-refractivity contribution in [3.63, 3.8) is 0 Å². The molecule has 0 unspecified atom stereocenters. The molecule has 1 aliphatic heterocycles. The van der Waals surface area contributed by atoms with Gasteiger partial charge >= 0.3 is 0 Å². The molecule has 0 aliphatic carbocycles. The molecule has 1 saturated heterocycles. The SMILES string of the molecule is COc1ccc2[nH]cc(C(=O)N3CCC[C@@H](Cc4[nH]ncc4C)C3)c2c1. The van der Waals surface area contributed by atoms with E-state index in [-0.39, 0.29) is 5.91 Å². The van der Waals surface area contributed by atoms with Crippen LogP contribution in [-0.4, -0.2) is 46.2 Å². The number of piperidine rings is 1. The molecule has 3 aromatic rings. The Morgan fingerprint density at radius 1 is 1.42 bits per heavy atom. The molecule has 3 heterocycles. The number of aromatic nitrogens is 3. The lowest BCUT2D eigenvalue weighted by atomic mass is 9.92. The Morgan fingerprint density at radius 3 is 3.08 bits per heavy atom. The van der Waals surface area contributed by atoms with Gasteiger partial charge in [0.05, 0.1) is 18.9 Å². The Morgan fingerprint density at radius 2 is 2.31 bits per heavy atom. The van der Waals surface area contributed by atoms with Crippen LogP contribution in [0.5, 0.6) is 5.75 Å². The molecule has 0 spiro atoms. The van der Waals surface area contributed by atoms with Crippen molar-refractivity contribution < 1.29 is 9.53 Å². The van der Waals surface area contributed by atoms with Crippen molar-refractivity contribution in [1.82, 2.24) is 20.1 Å². The molecule has 0 radical (unpaired) electrons. The molecule has 1 amide bonds. The number of likely N-dealkylation sites (tertiary alicyclic amines) is 1. The molecule has 0 bridgehead atoms. The zero-order valence-electron chi connectivity index (χ0n) is 15.2. The molecule has 1 aliphatic rings. The number of fused-ring (bicyclic) bond motifs is 1. The zero-order chi connectivity index (χ0) is 18.1. The summed E-state index contributed by atoms with van der Waals surface area (Å²) in [6, 6.07) is 5.77. The number of nitrogens with zero attached hydrogens (tertiary/aromatic N) is 2. The summed E-state index contributed by atoms with van der Waals surface area (Å²) in [6.45, 7) is 3.67. The number of carbonyl (C=O) groups is 1. The standard InChI is InChI=1S/C20H24N4O2/c1-13-10-22-23-19(13)8-14-4-3-7-24(12-14)20(25)17-11-21-18-6-5-15(26-2)9-16(17)18/h5-6,9-11,14,21H,3-4,7-8,12H2,1-2H3,(H,22,23)/t14-/m0/s1. The average molecular weight is 352 g/mol. The highest BCUT2D eigenvalue weighted by Crippen LogP contribution is 2.27. The van der Waals surface area contributed by atoms with E-state index in [1.54, 1.807) is 7.11 Å². The third-order valence-corrected chi connectivity index (χ3v) is 5.35. The first-order valence-corrected chi connectivity index (χ1v) is 9.09. The molecule has 4 rings (SSSR count). The maximum Gasteiger partial charge on any atom is 0.256 e. The fourth-order valence-corrected chi connectivity index (χ4v) is 3.86. The molecule has 1 aromatic carbocycles. The Bertz CT molecular complexity index is 927. The zero-order valence-corrected chi connectivity index (χ0v) is 15.2. The molecular weight excluding hydrogens is 328 g/mol. The molecule has 2 aromatic heterocycles. The van der Waals surface area contributed by atoms with Gasteiger partial charge in [0.1, 0.15) is 5.75 Å². The van der Waals surface area contributed by atoms with Crippen molar-refractivity contribution in [2.24, 2.45) is 5.92 Å². The lowest BCUT2D eigenvalue weighted by molar-refractivity contribution is 0.0675. The molecular formula is C20H24N4O2. The number of hydrogen-bond acceptors (Lipinski definition) is 3. The second-order valence-corrected chi connectivity index (χ2v) is 7.11. The van der Waals surface area contributed by atoms with Gasteiger partial charge in [-0.2, -0.15) is 5.10 Å². The predicted octanol–water partition coefficient (Wildman–Crippen LogP) is 3.30. The Balaban J connectivity index is 1.53. The van der Waals surface area contributed by atoms with Crippen LogP contribution in [0.25, 0.3) is 10.9 Å². The Kier molecular flexibility index (Phi) is 4.41. The summed E-state index contributed by atoms with van der Waals surface area (Å²) < 4.78 is 5.31. The number of hydrogen-bond donors (Lipinski definition) is 2. The van der Waals surface area contributed by atoms with E-state index in [4.69, 9.17) is 4.74 Å². The summed E-state index contributed by atoms with van der Waals surface area (Å²) in [5, 5.41) is 8.12. The lowest BCUT2D eigenvalue weighted by Gasteiger charge is -2.32. The van der Waals surface area contributed by atoms with E-state index in [0.717, 1.165) is 54.6 Å². The highest BCUT2D eigenvalue weighted by atomic mass is 16.5. The van der Waals surface area contributed by atoms with Crippen LogP contribution in [0.15, 0.2) is 30.6 Å². The Hall–Kier alpha value is -2.76. The Labute approximate surface area is 152 Å². The molecule has 26 heavy (non-hydrogen) atoms. The van der Waals surface area contributed by atoms with Crippen LogP contribution in [0.4, 0.5) is 0 Å². The van der Waals surface area contributed by atoms with Gasteiger partial charge in [-0.25, -0.2) is 0 Å². The number of ether oxygens (including phenoxy) is 1. The van der Waals surface area contributed by atoms with Gasteiger partial charge in [0.15, 0.2) is 0 Å². The fraction of sp³-hybridized carbons (Fsp3) is 0.400. The minimum Gasteiger partial charge on any atom is -0.497 e. The van der Waals surface area contributed by atoms with Crippen LogP contribution >= 0.6 is 0 Å². The van der Waals surface area contributed by atoms with E-state index < -0.39 is 0 Å². The first-order valence-electron chi connectivity index (χ1n) is 9.09. The molecule has 6 nitrogen and oxygen atoms in total. The molecule has 2 N–H and O–H groups in total. The van der Waals surface area contributed by atoms with E-state index in [0.29, 0.717) is 5.92 Å². The van der Waals surface area contributed by atoms with E-state index in [2.05, 4.69) is 22.1 Å². The van der Waals surface area contributed by atoms with Crippen LogP contribution in [0.2, 0.25) is 0 Å². The number of amides is 1. The molecule has 0 saturated carbocycles. The number of nitrogens with one attached hydrogen (secondary N) is 2. The highest BCUT2D eigenvalue weighted by Gasteiger charge is 2.26. The van der Waals surface area contributed by atoms with Gasteiger partial charge in [-0.3, -0.25) is 9.89 Å². The van der Waals surface area contributed by atoms with Crippen molar-refractivity contribution in [1.29, 1.82) is 0 Å². The quantitative estimate of drug-likeness (QED) is 0.756. The molecule has 136 valence electrons. The van der Waals surface area contributed by atoms with Crippen molar-refractivity contribution in [3.8, 4) is 5.75 Å². The predicted molar refractivity (Wildman–Crippen MR) is 101 cm³/mol. The van der Waals surface area contributed by atoms with Gasteiger partial charge in [-0.15, -0.1) is 0 Å². The summed E-state index contributed by atoms with van der Waals surface area (Å²) in [5.41, 5.74) is 4.05. The van der Waals surface area contributed by atoms with E-state index in [9.17, 15) is 4.79 Å². The van der Waals surface area contributed by atoms with E-state index >= 15 is 0 Å². The molecule has 1 atom stereocenters. The van der Waals surface area contributed by atoms with Crippen molar-refractivity contribution in [2.45, 2.75) is 26.2 Å². The van der Waals surface area contributed by atoms with Crippen LogP contribution in [0, 0.1) is 12.8 Å². The largest absolute Gasteiger partial charge is 0.497 e. The number of carbonyl (C=O) groups excluding carboxylic acids is 1. The van der Waals surface area contributed by atoms with Crippen LogP contribution in [0.1, 0.15) is 34.5 Å². The number of methoxy groups -OCH3 is 1. The first kappa shape index (κ1) is 16.7. The summed E-state index contributed by atoms with van der Waals surface area (Å²) in [5.74, 6) is 1.32. The number of aromatic amines is 2. The van der Waals surface area contributed by atoms with Gasteiger partial charge < -0.3 is 14.6 Å². The van der Waals surface area contributed by atoms with Crippen LogP contribution < -0.4 is 4.74 Å². The van der Waals surface area contributed by atoms with Crippen molar-refractivity contribution in [2.75, 3.05) is 20.2 Å². The number of aryl methyl sites for hydroxylation is 1. The molecule has 6 heteroatoms. The number of H-pyrrole nitrogens is 2. The normalized spacial score (nSPS) is 17.6. The molecule has 1 fully saturated rings. The van der Waals surface area contributed by atoms with Crippen molar-refractivity contribution >= 4 is 16.8 Å². The topological polar surface area (TPSA) is 74.0 Å². The third-order valence-electron chi connectivity index (χ3n) is 5.35. The lowest BCUT2D eigenvalue weighted by Crippen LogP contribution is -2.40. The van der Waals surface area contributed by atoms with Gasteiger partial charge in [-0.1, -0.05) is 0 Å². The van der Waals surface area contributed by atoms with Crippen LogP contribution in [0.3, 0.4) is 0 Å². The van der Waals surface area contributed by atoms with Crippen molar-refractivity contribution in [3.05, 3.63) is 47.4 Å². The maximum atomic E-state index is 13.1. The first-order chi connectivity index (χ1) is 12.7. The fourth-order valence-electron chi connectivity index (χ4n) is 3.86. The summed E-state index contributed by atoms with van der Waals surface area (Å²) >= 11 is 0. The van der Waals surface area contributed by atoms with Gasteiger partial charge in [0.2, 0.25) is 0 Å². The third kappa shape index (κ3) is 3.07.